The van der Waals surface area contributed by atoms with Crippen molar-refractivity contribution in [3.05, 3.63) is 18.0 Å². The first-order valence-corrected chi connectivity index (χ1v) is 8.56. The summed E-state index contributed by atoms with van der Waals surface area (Å²) < 4.78 is 0. The minimum absolute atomic E-state index is 0.459. The summed E-state index contributed by atoms with van der Waals surface area (Å²) in [4.78, 5) is 19.6. The van der Waals surface area contributed by atoms with Gasteiger partial charge in [-0.1, -0.05) is 13.3 Å². The molecule has 0 amide bonds. The van der Waals surface area contributed by atoms with E-state index in [2.05, 4.69) is 27.5 Å². The first-order chi connectivity index (χ1) is 10.2. The minimum atomic E-state index is -0.817. The van der Waals surface area contributed by atoms with E-state index in [1.807, 2.05) is 6.26 Å². The summed E-state index contributed by atoms with van der Waals surface area (Å²) in [6, 6.07) is -0.528. The van der Waals surface area contributed by atoms with Crippen LogP contribution in [0.5, 0.6) is 0 Å². The largest absolute Gasteiger partial charge is 0.480 e. The first kappa shape index (κ1) is 17.7. The SMILES string of the molecule is CCCCNc1ncc(CN[C@@H](CCSC)C(=O)O)cn1. The topological polar surface area (TPSA) is 87.1 Å². The molecule has 0 aliphatic carbocycles. The Morgan fingerprint density at radius 1 is 1.43 bits per heavy atom. The van der Waals surface area contributed by atoms with Gasteiger partial charge >= 0.3 is 5.97 Å². The maximum Gasteiger partial charge on any atom is 0.320 e. The van der Waals surface area contributed by atoms with E-state index in [0.29, 0.717) is 18.9 Å². The lowest BCUT2D eigenvalue weighted by molar-refractivity contribution is -0.139. The summed E-state index contributed by atoms with van der Waals surface area (Å²) in [6.45, 7) is 3.46. The molecule has 0 aliphatic rings. The fourth-order valence-corrected chi connectivity index (χ4v) is 2.18. The number of hydrogen-bond acceptors (Lipinski definition) is 6. The lowest BCUT2D eigenvalue weighted by Gasteiger charge is -2.13. The number of hydrogen-bond donors (Lipinski definition) is 3. The van der Waals surface area contributed by atoms with E-state index < -0.39 is 12.0 Å². The number of aromatic nitrogens is 2. The Labute approximate surface area is 130 Å². The molecule has 0 spiro atoms. The molecule has 118 valence electrons. The van der Waals surface area contributed by atoms with Gasteiger partial charge in [-0.25, -0.2) is 9.97 Å². The van der Waals surface area contributed by atoms with Crippen LogP contribution in [0.1, 0.15) is 31.7 Å². The van der Waals surface area contributed by atoms with Crippen molar-refractivity contribution in [2.75, 3.05) is 23.9 Å². The highest BCUT2D eigenvalue weighted by Gasteiger charge is 2.15. The molecule has 1 aromatic heterocycles. The normalized spacial score (nSPS) is 12.1. The Balaban J connectivity index is 2.41. The molecule has 0 aromatic carbocycles. The third kappa shape index (κ3) is 7.29. The van der Waals surface area contributed by atoms with E-state index in [9.17, 15) is 4.79 Å². The van der Waals surface area contributed by atoms with Crippen LogP contribution in [0.4, 0.5) is 5.95 Å². The number of carboxylic acid groups (broad SMARTS) is 1. The maximum atomic E-state index is 11.1. The number of rotatable bonds is 11. The quantitative estimate of drug-likeness (QED) is 0.539. The van der Waals surface area contributed by atoms with E-state index >= 15 is 0 Å². The van der Waals surface area contributed by atoms with Gasteiger partial charge in [0.2, 0.25) is 5.95 Å². The molecule has 1 heterocycles. The predicted octanol–water partition coefficient (Wildman–Crippen LogP) is 1.98. The zero-order valence-electron chi connectivity index (χ0n) is 12.6. The van der Waals surface area contributed by atoms with Gasteiger partial charge in [0, 0.05) is 31.0 Å². The van der Waals surface area contributed by atoms with Crippen LogP contribution in [0.25, 0.3) is 0 Å². The monoisotopic (exact) mass is 312 g/mol. The second-order valence-corrected chi connectivity index (χ2v) is 5.73. The van der Waals surface area contributed by atoms with Gasteiger partial charge < -0.3 is 15.7 Å². The molecular formula is C14H24N4O2S. The van der Waals surface area contributed by atoms with Gasteiger partial charge in [-0.15, -0.1) is 0 Å². The molecule has 0 saturated carbocycles. The molecule has 0 aliphatic heterocycles. The molecule has 0 unspecified atom stereocenters. The van der Waals surface area contributed by atoms with Crippen LogP contribution in [-0.4, -0.2) is 45.6 Å². The first-order valence-electron chi connectivity index (χ1n) is 7.17. The summed E-state index contributed by atoms with van der Waals surface area (Å²) in [5, 5.41) is 15.3. The number of thioether (sulfide) groups is 1. The van der Waals surface area contributed by atoms with Crippen LogP contribution >= 0.6 is 11.8 Å². The molecule has 0 radical (unpaired) electrons. The van der Waals surface area contributed by atoms with Crippen molar-refractivity contribution in [2.24, 2.45) is 0 Å². The van der Waals surface area contributed by atoms with Gasteiger partial charge in [-0.2, -0.15) is 11.8 Å². The molecule has 6 nitrogen and oxygen atoms in total. The highest BCUT2D eigenvalue weighted by atomic mass is 32.2. The Morgan fingerprint density at radius 3 is 2.71 bits per heavy atom. The molecule has 21 heavy (non-hydrogen) atoms. The van der Waals surface area contributed by atoms with Gasteiger partial charge in [0.1, 0.15) is 6.04 Å². The summed E-state index contributed by atoms with van der Waals surface area (Å²) in [5.41, 5.74) is 0.881. The van der Waals surface area contributed by atoms with Crippen LogP contribution in [0.3, 0.4) is 0 Å². The van der Waals surface area contributed by atoms with Gasteiger partial charge in [0.25, 0.3) is 0 Å². The van der Waals surface area contributed by atoms with Crippen molar-refractivity contribution in [1.29, 1.82) is 0 Å². The number of nitrogens with one attached hydrogen (secondary N) is 2. The third-order valence-electron chi connectivity index (χ3n) is 2.98. The second kappa shape index (κ2) is 10.4. The van der Waals surface area contributed by atoms with E-state index in [1.165, 1.54) is 0 Å². The molecule has 7 heteroatoms. The van der Waals surface area contributed by atoms with Gasteiger partial charge in [-0.3, -0.25) is 4.79 Å². The van der Waals surface area contributed by atoms with Crippen molar-refractivity contribution in [1.82, 2.24) is 15.3 Å². The van der Waals surface area contributed by atoms with E-state index in [0.717, 1.165) is 30.7 Å². The Morgan fingerprint density at radius 2 is 2.14 bits per heavy atom. The fraction of sp³-hybridized carbons (Fsp3) is 0.643. The lowest BCUT2D eigenvalue weighted by atomic mass is 10.2. The average Bonchev–Trinajstić information content (AvgIpc) is 2.48. The molecule has 3 N–H and O–H groups in total. The van der Waals surface area contributed by atoms with Gasteiger partial charge in [-0.05, 0) is 24.9 Å². The number of aliphatic carboxylic acids is 1. The Hall–Kier alpha value is -1.34. The van der Waals surface area contributed by atoms with Crippen molar-refractivity contribution < 1.29 is 9.90 Å². The number of carboxylic acids is 1. The molecule has 1 rings (SSSR count). The smallest absolute Gasteiger partial charge is 0.320 e. The highest BCUT2D eigenvalue weighted by Crippen LogP contribution is 2.04. The minimum Gasteiger partial charge on any atom is -0.480 e. The van der Waals surface area contributed by atoms with Crippen LogP contribution in [-0.2, 0) is 11.3 Å². The molecule has 1 atom stereocenters. The van der Waals surface area contributed by atoms with E-state index in [-0.39, 0.29) is 0 Å². The fourth-order valence-electron chi connectivity index (χ4n) is 1.70. The van der Waals surface area contributed by atoms with Crippen LogP contribution in [0.2, 0.25) is 0 Å². The molecule has 0 bridgehead atoms. The van der Waals surface area contributed by atoms with E-state index in [1.54, 1.807) is 24.2 Å². The Kier molecular flexibility index (Phi) is 8.77. The summed E-state index contributed by atoms with van der Waals surface area (Å²) >= 11 is 1.64. The third-order valence-corrected chi connectivity index (χ3v) is 3.62. The van der Waals surface area contributed by atoms with Crippen LogP contribution in [0.15, 0.2) is 12.4 Å². The molecule has 0 fully saturated rings. The zero-order chi connectivity index (χ0) is 15.5. The maximum absolute atomic E-state index is 11.1. The van der Waals surface area contributed by atoms with Gasteiger partial charge in [0.15, 0.2) is 0 Å². The summed E-state index contributed by atoms with van der Waals surface area (Å²) in [7, 11) is 0. The average molecular weight is 312 g/mol. The van der Waals surface area contributed by atoms with Crippen LogP contribution in [0, 0.1) is 0 Å². The van der Waals surface area contributed by atoms with Crippen LogP contribution < -0.4 is 10.6 Å². The second-order valence-electron chi connectivity index (χ2n) is 4.75. The standard InChI is InChI=1S/C14H24N4O2S/c1-3-4-6-15-14-17-9-11(10-18-14)8-16-12(13(19)20)5-7-21-2/h9-10,12,16H,3-8H2,1-2H3,(H,19,20)(H,15,17,18)/t12-/m0/s1. The number of carbonyl (C=O) groups is 1. The highest BCUT2D eigenvalue weighted by molar-refractivity contribution is 7.98. The Bertz CT molecular complexity index is 414. The number of nitrogens with zero attached hydrogens (tertiary/aromatic N) is 2. The summed E-state index contributed by atoms with van der Waals surface area (Å²) in [5.74, 6) is 0.619. The van der Waals surface area contributed by atoms with Crippen molar-refractivity contribution in [3.8, 4) is 0 Å². The summed E-state index contributed by atoms with van der Waals surface area (Å²) in [6.07, 6.45) is 8.23. The zero-order valence-corrected chi connectivity index (χ0v) is 13.4. The molecule has 0 saturated heterocycles. The predicted molar refractivity (Wildman–Crippen MR) is 86.7 cm³/mol. The van der Waals surface area contributed by atoms with Crippen molar-refractivity contribution in [3.63, 3.8) is 0 Å². The molecule has 1 aromatic rings. The van der Waals surface area contributed by atoms with Gasteiger partial charge in [0.05, 0.1) is 0 Å². The number of anilines is 1. The van der Waals surface area contributed by atoms with Crippen molar-refractivity contribution in [2.45, 2.75) is 38.8 Å². The van der Waals surface area contributed by atoms with E-state index in [4.69, 9.17) is 5.11 Å². The van der Waals surface area contributed by atoms with Crippen molar-refractivity contribution >= 4 is 23.7 Å². The number of unbranched alkanes of at least 4 members (excludes halogenated alkanes) is 1. The lowest BCUT2D eigenvalue weighted by Crippen LogP contribution is -2.36. The molecular weight excluding hydrogens is 288 g/mol.